The van der Waals surface area contributed by atoms with Crippen molar-refractivity contribution in [1.29, 1.82) is 0 Å². The molecule has 256 valence electrons. The number of nitrogens with zero attached hydrogens (tertiary/aromatic N) is 3. The van der Waals surface area contributed by atoms with Crippen molar-refractivity contribution < 1.29 is 4.42 Å². The minimum atomic E-state index is 0.674. The van der Waals surface area contributed by atoms with Crippen LogP contribution in [0, 0.1) is 0 Å². The number of hydrogen-bond donors (Lipinski definition) is 0. The lowest BCUT2D eigenvalue weighted by atomic mass is 10.00. The smallest absolute Gasteiger partial charge is 0.180 e. The molecular formula is C50H29N3OS. The molecule has 0 amide bonds. The molecule has 0 unspecified atom stereocenters. The van der Waals surface area contributed by atoms with Crippen LogP contribution in [0.5, 0.6) is 0 Å². The molecule has 12 aromatic rings. The highest BCUT2D eigenvalue weighted by atomic mass is 32.1. The first kappa shape index (κ1) is 30.4. The Morgan fingerprint density at radius 3 is 2.02 bits per heavy atom. The summed E-state index contributed by atoms with van der Waals surface area (Å²) in [4.78, 5) is 10.3. The summed E-state index contributed by atoms with van der Waals surface area (Å²) < 4.78 is 11.6. The maximum atomic E-state index is 6.64. The summed E-state index contributed by atoms with van der Waals surface area (Å²) in [5, 5.41) is 8.44. The van der Waals surface area contributed by atoms with E-state index in [1.807, 2.05) is 47.7 Å². The maximum Gasteiger partial charge on any atom is 0.180 e. The van der Waals surface area contributed by atoms with Gasteiger partial charge in [0.1, 0.15) is 16.8 Å². The molecule has 0 saturated heterocycles. The number of para-hydroxylation sites is 1. The average molecular weight is 720 g/mol. The molecule has 4 nitrogen and oxygen atoms in total. The van der Waals surface area contributed by atoms with Crippen LogP contribution in [0.15, 0.2) is 180 Å². The minimum absolute atomic E-state index is 0.674. The van der Waals surface area contributed by atoms with Gasteiger partial charge in [-0.15, -0.1) is 11.3 Å². The van der Waals surface area contributed by atoms with Crippen LogP contribution in [-0.2, 0) is 0 Å². The number of fused-ring (bicyclic) bond motifs is 10. The summed E-state index contributed by atoms with van der Waals surface area (Å²) in [6.45, 7) is 0. The number of aromatic nitrogens is 3. The van der Waals surface area contributed by atoms with Gasteiger partial charge < -0.3 is 8.98 Å². The Morgan fingerprint density at radius 1 is 0.473 bits per heavy atom. The van der Waals surface area contributed by atoms with E-state index in [4.69, 9.17) is 14.4 Å². The van der Waals surface area contributed by atoms with Gasteiger partial charge in [0.05, 0.1) is 11.0 Å². The van der Waals surface area contributed by atoms with E-state index in [1.54, 1.807) is 0 Å². The fraction of sp³-hybridized carbons (Fsp3) is 0. The van der Waals surface area contributed by atoms with Crippen molar-refractivity contribution in [3.63, 3.8) is 0 Å². The fourth-order valence-electron chi connectivity index (χ4n) is 8.41. The molecule has 4 heterocycles. The highest BCUT2D eigenvalue weighted by molar-refractivity contribution is 7.26. The standard InChI is InChI=1S/C50H29N3OS/c1-3-13-30(14-4-1)46-48-47(52-50(51-46)31-15-5-2-6-16-31)41-26-34(23-24-44(41)54-48)38-28-35(29-40-37-20-10-12-22-45(37)55-49(38)40)53-42-21-11-9-19-36(42)39-25-32-17-7-8-18-33(32)27-43(39)53/h1-29H. The van der Waals surface area contributed by atoms with Gasteiger partial charge in [0.25, 0.3) is 0 Å². The van der Waals surface area contributed by atoms with Crippen LogP contribution in [0.1, 0.15) is 0 Å². The van der Waals surface area contributed by atoms with Gasteiger partial charge in [-0.05, 0) is 64.9 Å². The first-order valence-electron chi connectivity index (χ1n) is 18.5. The Bertz CT molecular complexity index is 3490. The van der Waals surface area contributed by atoms with E-state index >= 15 is 0 Å². The minimum Gasteiger partial charge on any atom is -0.452 e. The molecule has 12 rings (SSSR count). The number of furan rings is 1. The third kappa shape index (κ3) is 4.64. The lowest BCUT2D eigenvalue weighted by molar-refractivity contribution is 0.667. The Balaban J connectivity index is 1.15. The van der Waals surface area contributed by atoms with Gasteiger partial charge in [0, 0.05) is 58.7 Å². The molecule has 0 aliphatic carbocycles. The summed E-state index contributed by atoms with van der Waals surface area (Å²) in [5.41, 5.74) is 10.8. The van der Waals surface area contributed by atoms with Crippen LogP contribution in [-0.4, -0.2) is 14.5 Å². The van der Waals surface area contributed by atoms with Crippen molar-refractivity contribution in [3.05, 3.63) is 176 Å². The predicted molar refractivity (Wildman–Crippen MR) is 230 cm³/mol. The Kier molecular flexibility index (Phi) is 6.47. The van der Waals surface area contributed by atoms with Gasteiger partial charge in [-0.1, -0.05) is 127 Å². The lowest BCUT2D eigenvalue weighted by Crippen LogP contribution is -1.95. The molecular weight excluding hydrogens is 691 g/mol. The molecule has 0 spiro atoms. The molecule has 0 radical (unpaired) electrons. The third-order valence-electron chi connectivity index (χ3n) is 11.0. The van der Waals surface area contributed by atoms with Crippen molar-refractivity contribution >= 4 is 86.2 Å². The zero-order chi connectivity index (χ0) is 36.0. The first-order valence-corrected chi connectivity index (χ1v) is 19.3. The summed E-state index contributed by atoms with van der Waals surface area (Å²) in [6, 6.07) is 62.6. The normalized spacial score (nSPS) is 12.0. The van der Waals surface area contributed by atoms with Gasteiger partial charge in [0.2, 0.25) is 0 Å². The second-order valence-corrected chi connectivity index (χ2v) is 15.2. The van der Waals surface area contributed by atoms with Gasteiger partial charge in [-0.2, -0.15) is 0 Å². The maximum absolute atomic E-state index is 6.64. The van der Waals surface area contributed by atoms with Crippen LogP contribution in [0.2, 0.25) is 0 Å². The quantitative estimate of drug-likeness (QED) is 0.182. The largest absolute Gasteiger partial charge is 0.452 e. The molecule has 4 aromatic heterocycles. The summed E-state index contributed by atoms with van der Waals surface area (Å²) in [6.07, 6.45) is 0. The highest BCUT2D eigenvalue weighted by Gasteiger charge is 2.21. The van der Waals surface area contributed by atoms with Crippen molar-refractivity contribution in [2.45, 2.75) is 0 Å². The van der Waals surface area contributed by atoms with E-state index in [0.29, 0.717) is 11.4 Å². The zero-order valence-corrected chi connectivity index (χ0v) is 30.2. The summed E-state index contributed by atoms with van der Waals surface area (Å²) in [5.74, 6) is 0.674. The van der Waals surface area contributed by atoms with Crippen molar-refractivity contribution in [2.24, 2.45) is 0 Å². The lowest BCUT2D eigenvalue weighted by Gasteiger charge is -2.13. The first-order chi connectivity index (χ1) is 27.2. The molecule has 0 aliphatic heterocycles. The number of hydrogen-bond acceptors (Lipinski definition) is 4. The molecule has 8 aromatic carbocycles. The van der Waals surface area contributed by atoms with Gasteiger partial charge >= 0.3 is 0 Å². The molecule has 0 N–H and O–H groups in total. The number of benzene rings is 8. The van der Waals surface area contributed by atoms with E-state index in [1.165, 1.54) is 58.3 Å². The summed E-state index contributed by atoms with van der Waals surface area (Å²) in [7, 11) is 0. The SMILES string of the molecule is c1ccc(-c2nc(-c3ccccc3)c3oc4ccc(-c5cc(-n6c7ccccc7c7cc8ccccc8cc76)cc6c5sc5ccccc56)cc4c3n2)cc1. The van der Waals surface area contributed by atoms with E-state index in [9.17, 15) is 0 Å². The molecule has 0 atom stereocenters. The third-order valence-corrected chi connectivity index (χ3v) is 12.2. The van der Waals surface area contributed by atoms with Crippen LogP contribution in [0.3, 0.4) is 0 Å². The van der Waals surface area contributed by atoms with Crippen LogP contribution in [0.4, 0.5) is 0 Å². The van der Waals surface area contributed by atoms with E-state index in [-0.39, 0.29) is 0 Å². The molecule has 0 bridgehead atoms. The van der Waals surface area contributed by atoms with Crippen LogP contribution < -0.4 is 0 Å². The van der Waals surface area contributed by atoms with Gasteiger partial charge in [-0.3, -0.25) is 0 Å². The highest BCUT2D eigenvalue weighted by Crippen LogP contribution is 2.45. The number of rotatable bonds is 4. The molecule has 5 heteroatoms. The van der Waals surface area contributed by atoms with E-state index in [0.717, 1.165) is 44.6 Å². The van der Waals surface area contributed by atoms with Crippen LogP contribution >= 0.6 is 11.3 Å². The molecule has 0 saturated carbocycles. The zero-order valence-electron chi connectivity index (χ0n) is 29.4. The van der Waals surface area contributed by atoms with Crippen molar-refractivity contribution in [2.75, 3.05) is 0 Å². The average Bonchev–Trinajstić information content (AvgIpc) is 3.92. The van der Waals surface area contributed by atoms with E-state index in [2.05, 4.69) is 144 Å². The molecule has 0 fully saturated rings. The predicted octanol–water partition coefficient (Wildman–Crippen LogP) is 14.0. The van der Waals surface area contributed by atoms with Crippen molar-refractivity contribution in [1.82, 2.24) is 14.5 Å². The summed E-state index contributed by atoms with van der Waals surface area (Å²) >= 11 is 1.85. The Hall–Kier alpha value is -7.08. The monoisotopic (exact) mass is 719 g/mol. The Morgan fingerprint density at radius 2 is 1.18 bits per heavy atom. The Labute approximate surface area is 319 Å². The molecule has 55 heavy (non-hydrogen) atoms. The number of thiophene rings is 1. The fourth-order valence-corrected chi connectivity index (χ4v) is 9.63. The van der Waals surface area contributed by atoms with E-state index < -0.39 is 0 Å². The molecule has 0 aliphatic rings. The van der Waals surface area contributed by atoms with Crippen molar-refractivity contribution in [3.8, 4) is 39.5 Å². The van der Waals surface area contributed by atoms with Gasteiger partial charge in [-0.25, -0.2) is 9.97 Å². The second kappa shape index (κ2) is 11.7. The van der Waals surface area contributed by atoms with Crippen LogP contribution in [0.25, 0.3) is 114 Å². The topological polar surface area (TPSA) is 43.9 Å². The second-order valence-electron chi connectivity index (χ2n) is 14.2. The van der Waals surface area contributed by atoms with Gasteiger partial charge in [0.15, 0.2) is 11.4 Å².